The molecule has 0 radical (unpaired) electrons. The van der Waals surface area contributed by atoms with E-state index >= 15 is 0 Å². The van der Waals surface area contributed by atoms with Crippen LogP contribution in [0.3, 0.4) is 0 Å². The Morgan fingerprint density at radius 2 is 1.65 bits per heavy atom. The zero-order chi connectivity index (χ0) is 12.8. The van der Waals surface area contributed by atoms with Crippen LogP contribution in [0.5, 0.6) is 0 Å². The smallest absolute Gasteiger partial charge is 0.00206 e. The Morgan fingerprint density at radius 3 is 2.18 bits per heavy atom. The first-order valence-corrected chi connectivity index (χ1v) is 6.82. The van der Waals surface area contributed by atoms with E-state index in [0.29, 0.717) is 0 Å². The third-order valence-corrected chi connectivity index (χ3v) is 3.86. The average molecular weight is 233 g/mol. The van der Waals surface area contributed by atoms with Crippen molar-refractivity contribution in [1.29, 1.82) is 0 Å². The van der Waals surface area contributed by atoms with E-state index in [0.717, 1.165) is 24.9 Å². The molecule has 0 fully saturated rings. The number of benzene rings is 1. The first-order valence-electron chi connectivity index (χ1n) is 6.82. The maximum absolute atomic E-state index is 3.44. The highest BCUT2D eigenvalue weighted by molar-refractivity contribution is 5.33. The molecule has 0 aliphatic rings. The Kier molecular flexibility index (Phi) is 5.70. The molecule has 1 nitrogen and oxygen atoms in total. The van der Waals surface area contributed by atoms with Gasteiger partial charge in [0.1, 0.15) is 0 Å². The van der Waals surface area contributed by atoms with Crippen molar-refractivity contribution in [3.05, 3.63) is 34.9 Å². The van der Waals surface area contributed by atoms with Crippen LogP contribution in [0.4, 0.5) is 0 Å². The minimum Gasteiger partial charge on any atom is -0.317 e. The zero-order valence-electron chi connectivity index (χ0n) is 12.0. The summed E-state index contributed by atoms with van der Waals surface area (Å²) in [7, 11) is 0. The van der Waals surface area contributed by atoms with E-state index in [-0.39, 0.29) is 0 Å². The van der Waals surface area contributed by atoms with Gasteiger partial charge in [-0.05, 0) is 61.9 Å². The highest BCUT2D eigenvalue weighted by Gasteiger charge is 2.14. The van der Waals surface area contributed by atoms with E-state index in [9.17, 15) is 0 Å². The topological polar surface area (TPSA) is 12.0 Å². The third kappa shape index (κ3) is 4.16. The fourth-order valence-corrected chi connectivity index (χ4v) is 2.27. The molecule has 1 heteroatoms. The summed E-state index contributed by atoms with van der Waals surface area (Å²) < 4.78 is 0. The van der Waals surface area contributed by atoms with E-state index in [1.54, 1.807) is 5.56 Å². The average Bonchev–Trinajstić information content (AvgIpc) is 2.30. The van der Waals surface area contributed by atoms with Gasteiger partial charge in [0.15, 0.2) is 0 Å². The molecule has 0 amide bonds. The molecule has 0 saturated heterocycles. The first kappa shape index (κ1) is 14.2. The molecule has 1 aromatic rings. The van der Waals surface area contributed by atoms with Crippen molar-refractivity contribution in [3.8, 4) is 0 Å². The molecule has 2 unspecified atom stereocenters. The summed E-state index contributed by atoms with van der Waals surface area (Å²) >= 11 is 0. The molecule has 0 heterocycles. The molecule has 0 aliphatic heterocycles. The summed E-state index contributed by atoms with van der Waals surface area (Å²) in [6, 6.07) is 6.61. The van der Waals surface area contributed by atoms with Gasteiger partial charge in [-0.1, -0.05) is 39.0 Å². The fraction of sp³-hybridized carbons (Fsp3) is 0.625. The van der Waals surface area contributed by atoms with Gasteiger partial charge in [0, 0.05) is 0 Å². The lowest BCUT2D eigenvalue weighted by Crippen LogP contribution is -2.26. The molecule has 0 aliphatic carbocycles. The van der Waals surface area contributed by atoms with Crippen molar-refractivity contribution < 1.29 is 0 Å². The molecular formula is C16H27N. The molecule has 96 valence electrons. The van der Waals surface area contributed by atoms with Crippen LogP contribution in [0, 0.1) is 25.7 Å². The fourth-order valence-electron chi connectivity index (χ4n) is 2.27. The van der Waals surface area contributed by atoms with Crippen molar-refractivity contribution in [2.75, 3.05) is 13.1 Å². The first-order chi connectivity index (χ1) is 8.06. The second kappa shape index (κ2) is 6.80. The van der Waals surface area contributed by atoms with E-state index in [1.165, 1.54) is 17.5 Å². The van der Waals surface area contributed by atoms with E-state index in [2.05, 4.69) is 58.1 Å². The monoisotopic (exact) mass is 233 g/mol. The molecule has 0 saturated carbocycles. The van der Waals surface area contributed by atoms with Crippen molar-refractivity contribution in [2.24, 2.45) is 11.8 Å². The minimum absolute atomic E-state index is 0.730. The van der Waals surface area contributed by atoms with Crippen LogP contribution >= 0.6 is 0 Å². The van der Waals surface area contributed by atoms with Crippen LogP contribution in [0.1, 0.15) is 37.5 Å². The van der Waals surface area contributed by atoms with Gasteiger partial charge in [-0.2, -0.15) is 0 Å². The lowest BCUT2D eigenvalue weighted by Gasteiger charge is -2.22. The van der Waals surface area contributed by atoms with Gasteiger partial charge in [0.05, 0.1) is 0 Å². The summed E-state index contributed by atoms with van der Waals surface area (Å²) in [4.78, 5) is 0. The lowest BCUT2D eigenvalue weighted by atomic mass is 9.86. The van der Waals surface area contributed by atoms with Crippen LogP contribution < -0.4 is 5.32 Å². The lowest BCUT2D eigenvalue weighted by molar-refractivity contribution is 0.367. The Hall–Kier alpha value is -0.820. The molecular weight excluding hydrogens is 206 g/mol. The number of nitrogens with one attached hydrogen (secondary N) is 1. The summed E-state index contributed by atoms with van der Waals surface area (Å²) in [5, 5.41) is 3.44. The number of aryl methyl sites for hydroxylation is 2. The Bertz CT molecular complexity index is 323. The van der Waals surface area contributed by atoms with Crippen molar-refractivity contribution in [3.63, 3.8) is 0 Å². The predicted octanol–water partition coefficient (Wildman–Crippen LogP) is 3.73. The molecule has 17 heavy (non-hydrogen) atoms. The van der Waals surface area contributed by atoms with Crippen molar-refractivity contribution in [1.82, 2.24) is 5.32 Å². The molecule has 0 aromatic heterocycles. The van der Waals surface area contributed by atoms with Crippen molar-refractivity contribution >= 4 is 0 Å². The largest absolute Gasteiger partial charge is 0.317 e. The van der Waals surface area contributed by atoms with E-state index in [1.807, 2.05) is 0 Å². The van der Waals surface area contributed by atoms with E-state index in [4.69, 9.17) is 0 Å². The summed E-state index contributed by atoms with van der Waals surface area (Å²) in [6.07, 6.45) is 1.20. The van der Waals surface area contributed by atoms with Crippen LogP contribution in [-0.2, 0) is 6.42 Å². The third-order valence-electron chi connectivity index (χ3n) is 3.86. The molecule has 0 spiro atoms. The molecule has 0 bridgehead atoms. The quantitative estimate of drug-likeness (QED) is 0.789. The second-order valence-electron chi connectivity index (χ2n) is 5.34. The highest BCUT2D eigenvalue weighted by atomic mass is 14.8. The van der Waals surface area contributed by atoms with Gasteiger partial charge >= 0.3 is 0 Å². The Balaban J connectivity index is 2.64. The second-order valence-corrected chi connectivity index (χ2v) is 5.34. The van der Waals surface area contributed by atoms with Gasteiger partial charge in [0.2, 0.25) is 0 Å². The number of rotatable bonds is 6. The minimum atomic E-state index is 0.730. The van der Waals surface area contributed by atoms with Crippen LogP contribution in [0.2, 0.25) is 0 Å². The van der Waals surface area contributed by atoms with Crippen LogP contribution in [-0.4, -0.2) is 13.1 Å². The molecule has 2 atom stereocenters. The van der Waals surface area contributed by atoms with Gasteiger partial charge in [-0.15, -0.1) is 0 Å². The SMILES string of the molecule is CCNCC(C)C(C)Cc1c(C)cccc1C. The molecule has 1 aromatic carbocycles. The Morgan fingerprint density at radius 1 is 1.06 bits per heavy atom. The summed E-state index contributed by atoms with van der Waals surface area (Å²) in [5.41, 5.74) is 4.42. The highest BCUT2D eigenvalue weighted by Crippen LogP contribution is 2.21. The molecule has 1 N–H and O–H groups in total. The van der Waals surface area contributed by atoms with Crippen LogP contribution in [0.15, 0.2) is 18.2 Å². The van der Waals surface area contributed by atoms with E-state index < -0.39 is 0 Å². The summed E-state index contributed by atoms with van der Waals surface area (Å²) in [5.74, 6) is 1.46. The van der Waals surface area contributed by atoms with Gasteiger partial charge in [0.25, 0.3) is 0 Å². The van der Waals surface area contributed by atoms with Crippen molar-refractivity contribution in [2.45, 2.75) is 41.0 Å². The van der Waals surface area contributed by atoms with Gasteiger partial charge in [-0.3, -0.25) is 0 Å². The standard InChI is InChI=1S/C16H27N/c1-6-17-11-15(5)14(4)10-16-12(2)8-7-9-13(16)3/h7-9,14-15,17H,6,10-11H2,1-5H3. The van der Waals surface area contributed by atoms with Crippen LogP contribution in [0.25, 0.3) is 0 Å². The van der Waals surface area contributed by atoms with Gasteiger partial charge in [-0.25, -0.2) is 0 Å². The zero-order valence-corrected chi connectivity index (χ0v) is 12.0. The number of hydrogen-bond donors (Lipinski definition) is 1. The molecule has 1 rings (SSSR count). The van der Waals surface area contributed by atoms with Gasteiger partial charge < -0.3 is 5.32 Å². The predicted molar refractivity (Wildman–Crippen MR) is 76.5 cm³/mol. The maximum atomic E-state index is 3.44. The normalized spacial score (nSPS) is 14.6. The number of hydrogen-bond acceptors (Lipinski definition) is 1. The maximum Gasteiger partial charge on any atom is -0.00206 e. The Labute approximate surface area is 107 Å². The summed E-state index contributed by atoms with van der Waals surface area (Å²) in [6.45, 7) is 13.5.